The van der Waals surface area contributed by atoms with Gasteiger partial charge in [0.1, 0.15) is 11.3 Å². The smallest absolute Gasteiger partial charge is 0.342 e. The van der Waals surface area contributed by atoms with E-state index in [0.29, 0.717) is 5.75 Å². The number of nitrogen functional groups attached to an aromatic ring is 1. The van der Waals surface area contributed by atoms with Gasteiger partial charge in [0.05, 0.1) is 23.9 Å². The number of halogens is 1. The van der Waals surface area contributed by atoms with Crippen LogP contribution >= 0.6 is 11.6 Å². The number of rotatable bonds is 3. The zero-order chi connectivity index (χ0) is 12.3. The van der Waals surface area contributed by atoms with E-state index in [1.165, 1.54) is 7.11 Å². The lowest BCUT2D eigenvalue weighted by atomic mass is 10.1. The van der Waals surface area contributed by atoms with Crippen LogP contribution in [0.25, 0.3) is 0 Å². The summed E-state index contributed by atoms with van der Waals surface area (Å²) in [5.41, 5.74) is 6.10. The molecule has 0 aliphatic rings. The van der Waals surface area contributed by atoms with Crippen molar-refractivity contribution >= 4 is 23.3 Å². The Hall–Kier alpha value is -1.42. The first-order valence-corrected chi connectivity index (χ1v) is 5.18. The van der Waals surface area contributed by atoms with Gasteiger partial charge in [0.25, 0.3) is 0 Å². The summed E-state index contributed by atoms with van der Waals surface area (Å²) in [7, 11) is 1.47. The van der Waals surface area contributed by atoms with E-state index in [1.807, 2.05) is 0 Å². The van der Waals surface area contributed by atoms with Crippen LogP contribution in [-0.2, 0) is 4.74 Å². The second-order valence-electron chi connectivity index (χ2n) is 3.49. The molecule has 0 saturated heterocycles. The Balaban J connectivity index is 3.16. The Kier molecular flexibility index (Phi) is 4.01. The molecule has 1 aromatic rings. The number of methoxy groups -OCH3 is 1. The molecule has 1 rings (SSSR count). The molecule has 2 N–H and O–H groups in total. The predicted molar refractivity (Wildman–Crippen MR) is 63.0 cm³/mol. The Morgan fingerprint density at radius 2 is 2.06 bits per heavy atom. The summed E-state index contributed by atoms with van der Waals surface area (Å²) < 4.78 is 10.0. The maximum Gasteiger partial charge on any atom is 0.342 e. The number of esters is 1. The van der Waals surface area contributed by atoms with Crippen molar-refractivity contribution in [3.63, 3.8) is 0 Å². The monoisotopic (exact) mass is 243 g/mol. The van der Waals surface area contributed by atoms with Crippen molar-refractivity contribution in [2.24, 2.45) is 0 Å². The zero-order valence-electron chi connectivity index (χ0n) is 9.41. The number of hydrogen-bond acceptors (Lipinski definition) is 4. The molecular weight excluding hydrogens is 230 g/mol. The highest BCUT2D eigenvalue weighted by molar-refractivity contribution is 6.34. The minimum absolute atomic E-state index is 0.148. The van der Waals surface area contributed by atoms with Crippen LogP contribution in [0.1, 0.15) is 24.2 Å². The summed E-state index contributed by atoms with van der Waals surface area (Å²) in [5, 5.41) is 0.254. The highest BCUT2D eigenvalue weighted by atomic mass is 35.5. The summed E-state index contributed by atoms with van der Waals surface area (Å²) in [4.78, 5) is 11.7. The number of anilines is 1. The maximum atomic E-state index is 11.7. The van der Waals surface area contributed by atoms with Crippen LogP contribution < -0.4 is 10.5 Å². The van der Waals surface area contributed by atoms with E-state index in [9.17, 15) is 4.79 Å². The maximum absolute atomic E-state index is 11.7. The summed E-state index contributed by atoms with van der Waals surface area (Å²) >= 11 is 5.90. The molecule has 0 aliphatic heterocycles. The first-order chi connectivity index (χ1) is 7.47. The van der Waals surface area contributed by atoms with Gasteiger partial charge in [-0.3, -0.25) is 0 Å². The molecular formula is C11H14ClNO3. The number of hydrogen-bond donors (Lipinski definition) is 1. The summed E-state index contributed by atoms with van der Waals surface area (Å²) in [5.74, 6) is -0.142. The summed E-state index contributed by atoms with van der Waals surface area (Å²) in [6.07, 6.45) is -0.228. The van der Waals surface area contributed by atoms with Gasteiger partial charge in [0, 0.05) is 0 Å². The van der Waals surface area contributed by atoms with Gasteiger partial charge < -0.3 is 15.2 Å². The van der Waals surface area contributed by atoms with E-state index in [0.717, 1.165) is 0 Å². The molecule has 0 aliphatic carbocycles. The van der Waals surface area contributed by atoms with Gasteiger partial charge in [-0.2, -0.15) is 0 Å². The summed E-state index contributed by atoms with van der Waals surface area (Å²) in [6, 6.07) is 3.15. The molecule has 0 amide bonds. The Morgan fingerprint density at radius 1 is 1.44 bits per heavy atom. The van der Waals surface area contributed by atoms with Crippen molar-refractivity contribution in [2.45, 2.75) is 20.0 Å². The van der Waals surface area contributed by atoms with E-state index < -0.39 is 5.97 Å². The zero-order valence-corrected chi connectivity index (χ0v) is 10.2. The average molecular weight is 244 g/mol. The van der Waals surface area contributed by atoms with Crippen molar-refractivity contribution < 1.29 is 14.3 Å². The van der Waals surface area contributed by atoms with E-state index in [-0.39, 0.29) is 22.4 Å². The third-order valence-corrected chi connectivity index (χ3v) is 2.24. The molecule has 4 nitrogen and oxygen atoms in total. The predicted octanol–water partition coefficient (Wildman–Crippen LogP) is 2.50. The van der Waals surface area contributed by atoms with E-state index >= 15 is 0 Å². The lowest BCUT2D eigenvalue weighted by molar-refractivity contribution is 0.0379. The molecule has 16 heavy (non-hydrogen) atoms. The van der Waals surface area contributed by atoms with Crippen LogP contribution in [0.2, 0.25) is 5.02 Å². The third-order valence-electron chi connectivity index (χ3n) is 1.92. The first-order valence-electron chi connectivity index (χ1n) is 4.80. The van der Waals surface area contributed by atoms with Crippen molar-refractivity contribution in [3.8, 4) is 5.75 Å². The molecule has 0 aromatic heterocycles. The molecule has 0 bridgehead atoms. The quantitative estimate of drug-likeness (QED) is 0.655. The average Bonchev–Trinajstić information content (AvgIpc) is 2.16. The highest BCUT2D eigenvalue weighted by Crippen LogP contribution is 2.31. The number of ether oxygens (including phenoxy) is 2. The molecule has 0 atom stereocenters. The summed E-state index contributed by atoms with van der Waals surface area (Å²) in [6.45, 7) is 3.50. The Labute approximate surface area is 99.3 Å². The van der Waals surface area contributed by atoms with Crippen molar-refractivity contribution in [1.82, 2.24) is 0 Å². The van der Waals surface area contributed by atoms with Crippen molar-refractivity contribution in [2.75, 3.05) is 12.8 Å². The second-order valence-corrected chi connectivity index (χ2v) is 3.90. The molecule has 0 radical (unpaired) electrons. The largest absolute Gasteiger partial charge is 0.495 e. The third kappa shape index (κ3) is 2.58. The van der Waals surface area contributed by atoms with Gasteiger partial charge >= 0.3 is 5.97 Å². The molecule has 1 aromatic carbocycles. The minimum atomic E-state index is -0.545. The van der Waals surface area contributed by atoms with Crippen LogP contribution in [-0.4, -0.2) is 19.2 Å². The number of carbonyl (C=O) groups is 1. The fourth-order valence-electron chi connectivity index (χ4n) is 1.23. The first kappa shape index (κ1) is 12.6. The van der Waals surface area contributed by atoms with Crippen LogP contribution in [0.3, 0.4) is 0 Å². The van der Waals surface area contributed by atoms with Gasteiger partial charge in [-0.15, -0.1) is 0 Å². The molecule has 0 spiro atoms. The standard InChI is InChI=1S/C11H14ClNO3/c1-6(2)16-11(14)9-7(12)4-5-8(15-3)10(9)13/h4-6H,13H2,1-3H3. The Morgan fingerprint density at radius 3 is 2.56 bits per heavy atom. The number of nitrogens with two attached hydrogens (primary N) is 1. The van der Waals surface area contributed by atoms with Gasteiger partial charge in [0.15, 0.2) is 0 Å². The van der Waals surface area contributed by atoms with Gasteiger partial charge in [0.2, 0.25) is 0 Å². The van der Waals surface area contributed by atoms with Crippen LogP contribution in [0.5, 0.6) is 5.75 Å². The molecule has 0 unspecified atom stereocenters. The number of carbonyl (C=O) groups excluding carboxylic acids is 1. The van der Waals surface area contributed by atoms with Crippen LogP contribution in [0.15, 0.2) is 12.1 Å². The fraction of sp³-hybridized carbons (Fsp3) is 0.364. The van der Waals surface area contributed by atoms with Crippen molar-refractivity contribution in [3.05, 3.63) is 22.7 Å². The molecule has 0 fully saturated rings. The van der Waals surface area contributed by atoms with E-state index in [1.54, 1.807) is 26.0 Å². The van der Waals surface area contributed by atoms with Gasteiger partial charge in [-0.05, 0) is 26.0 Å². The highest BCUT2D eigenvalue weighted by Gasteiger charge is 2.19. The molecule has 0 heterocycles. The van der Waals surface area contributed by atoms with Crippen LogP contribution in [0.4, 0.5) is 5.69 Å². The van der Waals surface area contributed by atoms with Gasteiger partial charge in [-0.1, -0.05) is 11.6 Å². The van der Waals surface area contributed by atoms with Gasteiger partial charge in [-0.25, -0.2) is 4.79 Å². The Bertz CT molecular complexity index is 404. The van der Waals surface area contributed by atoms with E-state index in [4.69, 9.17) is 26.8 Å². The molecule has 5 heteroatoms. The molecule has 88 valence electrons. The minimum Gasteiger partial charge on any atom is -0.495 e. The normalized spacial score (nSPS) is 10.3. The fourth-order valence-corrected chi connectivity index (χ4v) is 1.47. The second kappa shape index (κ2) is 5.07. The van der Waals surface area contributed by atoms with Crippen molar-refractivity contribution in [1.29, 1.82) is 0 Å². The molecule has 0 saturated carbocycles. The lowest BCUT2D eigenvalue weighted by Crippen LogP contribution is -2.14. The number of benzene rings is 1. The van der Waals surface area contributed by atoms with Crippen LogP contribution in [0, 0.1) is 0 Å². The topological polar surface area (TPSA) is 61.5 Å². The SMILES string of the molecule is COc1ccc(Cl)c(C(=O)OC(C)C)c1N. The lowest BCUT2D eigenvalue weighted by Gasteiger charge is -2.13. The van der Waals surface area contributed by atoms with E-state index in [2.05, 4.69) is 0 Å².